The molecule has 3 aromatic carbocycles. The van der Waals surface area contributed by atoms with Crippen molar-refractivity contribution in [2.45, 2.75) is 78.6 Å². The summed E-state index contributed by atoms with van der Waals surface area (Å²) in [5, 5.41) is 2.71. The predicted octanol–water partition coefficient (Wildman–Crippen LogP) is 7.62. The molecule has 1 atom stereocenters. The lowest BCUT2D eigenvalue weighted by Crippen LogP contribution is -2.31. The third-order valence-corrected chi connectivity index (χ3v) is 7.72. The van der Waals surface area contributed by atoms with Gasteiger partial charge in [0.25, 0.3) is 0 Å². The summed E-state index contributed by atoms with van der Waals surface area (Å²) in [4.78, 5) is 0. The number of methoxy groups -OCH3 is 1. The molecule has 0 radical (unpaired) electrons. The van der Waals surface area contributed by atoms with Gasteiger partial charge in [-0.1, -0.05) is 113 Å². The Balaban J connectivity index is 2.24. The average molecular weight is 485 g/mol. The van der Waals surface area contributed by atoms with Gasteiger partial charge < -0.3 is 4.74 Å². The monoisotopic (exact) mass is 484 g/mol. The Morgan fingerprint density at radius 2 is 1.23 bits per heavy atom. The molecular weight excluding hydrogens is 443 g/mol. The van der Waals surface area contributed by atoms with E-state index in [2.05, 4.69) is 117 Å². The van der Waals surface area contributed by atoms with Crippen molar-refractivity contribution in [3.8, 4) is 17.6 Å². The fourth-order valence-electron chi connectivity index (χ4n) is 4.05. The molecule has 0 aliphatic carbocycles. The first-order chi connectivity index (χ1) is 16.2. The van der Waals surface area contributed by atoms with Crippen molar-refractivity contribution in [1.82, 2.24) is 0 Å². The molecule has 1 nitrogen and oxygen atoms in total. The molecule has 0 bridgehead atoms. The topological polar surface area (TPSA) is 9.23 Å². The molecular formula is C33H41OP. The van der Waals surface area contributed by atoms with Crippen LogP contribution in [0.3, 0.4) is 0 Å². The normalized spacial score (nSPS) is 12.5. The second kappa shape index (κ2) is 10.2. The minimum absolute atomic E-state index is 0.0337. The lowest BCUT2D eigenvalue weighted by atomic mass is 9.75. The lowest BCUT2D eigenvalue weighted by Gasteiger charge is -2.33. The zero-order valence-electron chi connectivity index (χ0n) is 23.2. The first-order valence-corrected chi connectivity index (χ1v) is 13.4. The molecule has 1 unspecified atom stereocenters. The molecule has 2 heteroatoms. The van der Waals surface area contributed by atoms with Crippen LogP contribution in [-0.2, 0) is 16.2 Å². The van der Waals surface area contributed by atoms with Gasteiger partial charge >= 0.3 is 0 Å². The van der Waals surface area contributed by atoms with Crippen molar-refractivity contribution < 1.29 is 4.74 Å². The van der Waals surface area contributed by atoms with Crippen LogP contribution in [-0.4, -0.2) is 7.11 Å². The summed E-state index contributed by atoms with van der Waals surface area (Å²) in [5.74, 6) is 7.65. The highest BCUT2D eigenvalue weighted by Gasteiger charge is 2.29. The van der Waals surface area contributed by atoms with Crippen molar-refractivity contribution in [3.63, 3.8) is 0 Å². The zero-order chi connectivity index (χ0) is 26.0. The minimum Gasteiger partial charge on any atom is -0.497 e. The molecule has 0 amide bonds. The first-order valence-electron chi connectivity index (χ1n) is 12.4. The van der Waals surface area contributed by atoms with E-state index in [4.69, 9.17) is 4.74 Å². The van der Waals surface area contributed by atoms with Gasteiger partial charge in [-0.15, -0.1) is 0 Å². The van der Waals surface area contributed by atoms with Crippen LogP contribution < -0.4 is 15.3 Å². The van der Waals surface area contributed by atoms with Gasteiger partial charge in [-0.2, -0.15) is 0 Å². The Kier molecular flexibility index (Phi) is 7.89. The van der Waals surface area contributed by atoms with Crippen LogP contribution in [0, 0.1) is 11.8 Å². The van der Waals surface area contributed by atoms with Crippen molar-refractivity contribution in [3.05, 3.63) is 88.5 Å². The highest BCUT2D eigenvalue weighted by atomic mass is 31.1. The Labute approximate surface area is 215 Å². The Bertz CT molecular complexity index is 1200. The van der Waals surface area contributed by atoms with Gasteiger partial charge in [-0.05, 0) is 73.9 Å². The van der Waals surface area contributed by atoms with Crippen LogP contribution in [0.25, 0.3) is 0 Å². The van der Waals surface area contributed by atoms with Gasteiger partial charge in [0.05, 0.1) is 7.11 Å². The second-order valence-corrected chi connectivity index (χ2v) is 13.6. The highest BCUT2D eigenvalue weighted by Crippen LogP contribution is 2.37. The fraction of sp³-hybridized carbons (Fsp3) is 0.394. The van der Waals surface area contributed by atoms with E-state index in [0.717, 1.165) is 16.9 Å². The first kappa shape index (κ1) is 27.0. The van der Waals surface area contributed by atoms with Crippen LogP contribution in [0.5, 0.6) is 5.75 Å². The lowest BCUT2D eigenvalue weighted by molar-refractivity contribution is 0.415. The summed E-state index contributed by atoms with van der Waals surface area (Å²) >= 11 is 0. The average Bonchev–Trinajstić information content (AvgIpc) is 2.76. The largest absolute Gasteiger partial charge is 0.497 e. The molecule has 0 aromatic heterocycles. The Morgan fingerprint density at radius 3 is 1.71 bits per heavy atom. The second-order valence-electron chi connectivity index (χ2n) is 12.3. The Hall–Kier alpha value is -2.55. The maximum Gasteiger partial charge on any atom is 0.120 e. The van der Waals surface area contributed by atoms with E-state index in [1.165, 1.54) is 27.3 Å². The van der Waals surface area contributed by atoms with Gasteiger partial charge in [0.15, 0.2) is 0 Å². The number of hydrogen-bond donors (Lipinski definition) is 0. The Morgan fingerprint density at radius 1 is 0.657 bits per heavy atom. The van der Waals surface area contributed by atoms with E-state index in [0.29, 0.717) is 8.58 Å². The van der Waals surface area contributed by atoms with Gasteiger partial charge in [-0.3, -0.25) is 0 Å². The van der Waals surface area contributed by atoms with Crippen molar-refractivity contribution >= 4 is 19.2 Å². The summed E-state index contributed by atoms with van der Waals surface area (Å²) in [6.07, 6.45) is 0. The molecule has 0 spiro atoms. The number of rotatable bonds is 3. The SMILES string of the molecule is COc1ccc(Pc2c(C(C)(C)C)cc(C(C)(C)C)cc2C(C)(C)C)c(C#Cc2ccccc2)c1. The van der Waals surface area contributed by atoms with Crippen LogP contribution in [0.1, 0.15) is 90.1 Å². The van der Waals surface area contributed by atoms with Crippen molar-refractivity contribution in [2.24, 2.45) is 0 Å². The minimum atomic E-state index is 0.0337. The molecule has 0 N–H and O–H groups in total. The third-order valence-electron chi connectivity index (χ3n) is 6.22. The van der Waals surface area contributed by atoms with Crippen LogP contribution in [0.2, 0.25) is 0 Å². The van der Waals surface area contributed by atoms with Crippen LogP contribution >= 0.6 is 8.58 Å². The maximum absolute atomic E-state index is 5.56. The van der Waals surface area contributed by atoms with Gasteiger partial charge in [0.2, 0.25) is 0 Å². The van der Waals surface area contributed by atoms with Crippen LogP contribution in [0.15, 0.2) is 60.7 Å². The molecule has 0 aliphatic heterocycles. The summed E-state index contributed by atoms with van der Waals surface area (Å²) in [7, 11) is 2.22. The molecule has 3 rings (SSSR count). The standard InChI is InChI=1S/C33H41OP/c1-31(2,3)25-21-27(32(4,5)6)30(28(22-25)33(7,8)9)35-29-19-18-26(34-10)20-24(29)17-16-23-14-12-11-13-15-23/h11-15,18-22,35H,1-10H3. The number of ether oxygens (including phenoxy) is 1. The summed E-state index contributed by atoms with van der Waals surface area (Å²) in [6.45, 7) is 20.9. The van der Waals surface area contributed by atoms with E-state index in [1.54, 1.807) is 7.11 Å². The van der Waals surface area contributed by atoms with Crippen molar-refractivity contribution in [2.75, 3.05) is 7.11 Å². The smallest absolute Gasteiger partial charge is 0.120 e. The summed E-state index contributed by atoms with van der Waals surface area (Å²) in [6, 6.07) is 21.4. The summed E-state index contributed by atoms with van der Waals surface area (Å²) in [5.41, 5.74) is 6.49. The number of hydrogen-bond acceptors (Lipinski definition) is 1. The van der Waals surface area contributed by atoms with Crippen molar-refractivity contribution in [1.29, 1.82) is 0 Å². The molecule has 3 aromatic rings. The highest BCUT2D eigenvalue weighted by molar-refractivity contribution is 7.56. The predicted molar refractivity (Wildman–Crippen MR) is 156 cm³/mol. The molecule has 184 valence electrons. The molecule has 0 saturated heterocycles. The molecule has 0 fully saturated rings. The third kappa shape index (κ3) is 6.78. The van der Waals surface area contributed by atoms with Gasteiger partial charge in [0.1, 0.15) is 5.75 Å². The maximum atomic E-state index is 5.56. The van der Waals surface area contributed by atoms with Gasteiger partial charge in [-0.25, -0.2) is 0 Å². The molecule has 0 saturated carbocycles. The zero-order valence-corrected chi connectivity index (χ0v) is 24.2. The van der Waals surface area contributed by atoms with E-state index < -0.39 is 0 Å². The quantitative estimate of drug-likeness (QED) is 0.274. The van der Waals surface area contributed by atoms with Crippen LogP contribution in [0.4, 0.5) is 0 Å². The van der Waals surface area contributed by atoms with E-state index in [-0.39, 0.29) is 16.2 Å². The molecule has 35 heavy (non-hydrogen) atoms. The summed E-state index contributed by atoms with van der Waals surface area (Å²) < 4.78 is 5.56. The fourth-order valence-corrected chi connectivity index (χ4v) is 5.92. The van der Waals surface area contributed by atoms with Gasteiger partial charge in [0, 0.05) is 11.1 Å². The van der Waals surface area contributed by atoms with E-state index in [9.17, 15) is 0 Å². The van der Waals surface area contributed by atoms with E-state index in [1.807, 2.05) is 18.2 Å². The molecule has 0 heterocycles. The number of benzene rings is 3. The molecule has 0 aliphatic rings. The van der Waals surface area contributed by atoms with E-state index >= 15 is 0 Å².